The number of fused-ring (bicyclic) bond motifs is 1. The smallest absolute Gasteiger partial charge is 0.125 e. The van der Waals surface area contributed by atoms with Gasteiger partial charge in [0.2, 0.25) is 0 Å². The van der Waals surface area contributed by atoms with Crippen LogP contribution < -0.4 is 0 Å². The summed E-state index contributed by atoms with van der Waals surface area (Å²) < 4.78 is 0.756. The standard InChI is InChI=1S/C15H17N3S/c1-9-10(2)18-15(19)14(17-9)12-7-3-5-11-6-4-8-16-13(11)12/h4,6,8,12H,3,5,7H2,1-2H3,(H,18,19). The molecule has 1 atom stereocenters. The molecule has 1 N–H and O–H groups in total. The lowest BCUT2D eigenvalue weighted by Crippen LogP contribution is -2.15. The monoisotopic (exact) mass is 271 g/mol. The van der Waals surface area contributed by atoms with Gasteiger partial charge in [0.25, 0.3) is 0 Å². The van der Waals surface area contributed by atoms with E-state index in [-0.39, 0.29) is 5.92 Å². The van der Waals surface area contributed by atoms with Crippen LogP contribution in [0.5, 0.6) is 0 Å². The van der Waals surface area contributed by atoms with E-state index in [0.29, 0.717) is 0 Å². The summed E-state index contributed by atoms with van der Waals surface area (Å²) in [7, 11) is 0. The van der Waals surface area contributed by atoms with E-state index in [0.717, 1.165) is 40.3 Å². The van der Waals surface area contributed by atoms with Crippen molar-refractivity contribution in [3.05, 3.63) is 51.3 Å². The quantitative estimate of drug-likeness (QED) is 0.805. The first kappa shape index (κ1) is 12.5. The first-order chi connectivity index (χ1) is 9.16. The molecule has 0 bridgehead atoms. The maximum atomic E-state index is 5.46. The second-order valence-electron chi connectivity index (χ2n) is 5.15. The molecular formula is C15H17N3S. The molecule has 98 valence electrons. The van der Waals surface area contributed by atoms with Crippen LogP contribution in [0, 0.1) is 18.5 Å². The summed E-state index contributed by atoms with van der Waals surface area (Å²) in [5, 5.41) is 0. The van der Waals surface area contributed by atoms with Crippen LogP contribution in [0.25, 0.3) is 0 Å². The molecule has 0 saturated carbocycles. The molecule has 2 aromatic heterocycles. The molecule has 3 rings (SSSR count). The summed E-state index contributed by atoms with van der Waals surface area (Å²) in [5.74, 6) is 0.244. The van der Waals surface area contributed by atoms with Gasteiger partial charge in [-0.15, -0.1) is 0 Å². The van der Waals surface area contributed by atoms with Gasteiger partial charge in [0.15, 0.2) is 0 Å². The Morgan fingerprint density at radius 3 is 3.00 bits per heavy atom. The van der Waals surface area contributed by atoms with Crippen molar-refractivity contribution in [3.63, 3.8) is 0 Å². The molecule has 2 aromatic rings. The van der Waals surface area contributed by atoms with Gasteiger partial charge in [0.1, 0.15) is 4.64 Å². The number of aromatic nitrogens is 3. The number of aromatic amines is 1. The minimum absolute atomic E-state index is 0.244. The van der Waals surface area contributed by atoms with Crippen LogP contribution in [0.1, 0.15) is 47.1 Å². The van der Waals surface area contributed by atoms with Gasteiger partial charge in [0.05, 0.1) is 17.1 Å². The highest BCUT2D eigenvalue weighted by Gasteiger charge is 2.25. The van der Waals surface area contributed by atoms with E-state index in [9.17, 15) is 0 Å². The summed E-state index contributed by atoms with van der Waals surface area (Å²) in [6.07, 6.45) is 5.23. The SMILES string of the molecule is Cc1nc(C2CCCc3cccnc32)c(=S)[nH]c1C. The maximum Gasteiger partial charge on any atom is 0.125 e. The Hall–Kier alpha value is -1.55. The molecule has 1 aliphatic carbocycles. The minimum atomic E-state index is 0.244. The van der Waals surface area contributed by atoms with Crippen LogP contribution >= 0.6 is 12.2 Å². The van der Waals surface area contributed by atoms with Crippen LogP contribution in [0.15, 0.2) is 18.3 Å². The third-order valence-corrected chi connectivity index (χ3v) is 4.20. The highest BCUT2D eigenvalue weighted by atomic mass is 32.1. The summed E-state index contributed by atoms with van der Waals surface area (Å²) in [4.78, 5) is 12.5. The minimum Gasteiger partial charge on any atom is -0.347 e. The fraction of sp³-hybridized carbons (Fsp3) is 0.400. The van der Waals surface area contributed by atoms with Gasteiger partial charge in [-0.1, -0.05) is 18.3 Å². The Bertz CT molecular complexity index is 675. The average Bonchev–Trinajstić information content (AvgIpc) is 2.42. The van der Waals surface area contributed by atoms with E-state index in [1.807, 2.05) is 26.1 Å². The molecule has 1 unspecified atom stereocenters. The van der Waals surface area contributed by atoms with Crippen molar-refractivity contribution in [1.29, 1.82) is 0 Å². The Labute approximate surface area is 118 Å². The van der Waals surface area contributed by atoms with Crippen LogP contribution in [0.2, 0.25) is 0 Å². The third kappa shape index (κ3) is 2.21. The van der Waals surface area contributed by atoms with Crippen LogP contribution in [-0.4, -0.2) is 15.0 Å². The van der Waals surface area contributed by atoms with E-state index < -0.39 is 0 Å². The molecule has 0 fully saturated rings. The van der Waals surface area contributed by atoms with Crippen LogP contribution in [0.3, 0.4) is 0 Å². The molecule has 19 heavy (non-hydrogen) atoms. The van der Waals surface area contributed by atoms with Crippen molar-refractivity contribution >= 4 is 12.2 Å². The zero-order valence-corrected chi connectivity index (χ0v) is 12.0. The van der Waals surface area contributed by atoms with Crippen LogP contribution in [-0.2, 0) is 6.42 Å². The number of hydrogen-bond donors (Lipinski definition) is 1. The first-order valence-electron chi connectivity index (χ1n) is 6.68. The summed E-state index contributed by atoms with van der Waals surface area (Å²) in [5.41, 5.74) is 5.55. The van der Waals surface area contributed by atoms with Crippen molar-refractivity contribution < 1.29 is 0 Å². The predicted octanol–water partition coefficient (Wildman–Crippen LogP) is 3.62. The highest BCUT2D eigenvalue weighted by Crippen LogP contribution is 2.34. The largest absolute Gasteiger partial charge is 0.347 e. The van der Waals surface area contributed by atoms with Crippen molar-refractivity contribution in [1.82, 2.24) is 15.0 Å². The normalized spacial score (nSPS) is 18.1. The molecule has 0 spiro atoms. The van der Waals surface area contributed by atoms with Gasteiger partial charge in [0, 0.05) is 17.8 Å². The molecule has 2 heterocycles. The van der Waals surface area contributed by atoms with E-state index in [1.165, 1.54) is 12.0 Å². The predicted molar refractivity (Wildman–Crippen MR) is 77.9 cm³/mol. The van der Waals surface area contributed by atoms with Crippen molar-refractivity contribution in [2.24, 2.45) is 0 Å². The lowest BCUT2D eigenvalue weighted by Gasteiger charge is -2.24. The number of pyridine rings is 1. The van der Waals surface area contributed by atoms with Gasteiger partial charge < -0.3 is 4.98 Å². The molecule has 3 nitrogen and oxygen atoms in total. The molecule has 0 radical (unpaired) electrons. The summed E-state index contributed by atoms with van der Waals surface area (Å²) >= 11 is 5.46. The third-order valence-electron chi connectivity index (χ3n) is 3.89. The van der Waals surface area contributed by atoms with Gasteiger partial charge in [-0.25, -0.2) is 0 Å². The van der Waals surface area contributed by atoms with E-state index in [2.05, 4.69) is 16.0 Å². The second kappa shape index (κ2) is 4.85. The van der Waals surface area contributed by atoms with E-state index in [4.69, 9.17) is 17.2 Å². The van der Waals surface area contributed by atoms with Gasteiger partial charge in [-0.2, -0.15) is 0 Å². The maximum absolute atomic E-state index is 5.46. The first-order valence-corrected chi connectivity index (χ1v) is 7.09. The van der Waals surface area contributed by atoms with Crippen LogP contribution in [0.4, 0.5) is 0 Å². The lowest BCUT2D eigenvalue weighted by atomic mass is 9.84. The number of nitrogens with zero attached hydrogens (tertiary/aromatic N) is 2. The van der Waals surface area contributed by atoms with Gasteiger partial charge >= 0.3 is 0 Å². The molecular weight excluding hydrogens is 254 g/mol. The Morgan fingerprint density at radius 2 is 2.16 bits per heavy atom. The fourth-order valence-electron chi connectivity index (χ4n) is 2.75. The van der Waals surface area contributed by atoms with Crippen molar-refractivity contribution in [3.8, 4) is 0 Å². The second-order valence-corrected chi connectivity index (χ2v) is 5.56. The Kier molecular flexibility index (Phi) is 3.19. The van der Waals surface area contributed by atoms with Crippen molar-refractivity contribution in [2.45, 2.75) is 39.0 Å². The zero-order valence-electron chi connectivity index (χ0n) is 11.2. The van der Waals surface area contributed by atoms with Crippen molar-refractivity contribution in [2.75, 3.05) is 0 Å². The molecule has 0 aliphatic heterocycles. The van der Waals surface area contributed by atoms with Gasteiger partial charge in [-0.3, -0.25) is 9.97 Å². The van der Waals surface area contributed by atoms with Gasteiger partial charge in [-0.05, 0) is 44.7 Å². The topological polar surface area (TPSA) is 41.6 Å². The summed E-state index contributed by atoms with van der Waals surface area (Å²) in [6.45, 7) is 4.03. The molecule has 0 amide bonds. The summed E-state index contributed by atoms with van der Waals surface area (Å²) in [6, 6.07) is 4.18. The number of hydrogen-bond acceptors (Lipinski definition) is 3. The Morgan fingerprint density at radius 1 is 1.32 bits per heavy atom. The van der Waals surface area contributed by atoms with E-state index >= 15 is 0 Å². The molecule has 4 heteroatoms. The number of H-pyrrole nitrogens is 1. The average molecular weight is 271 g/mol. The highest BCUT2D eigenvalue weighted by molar-refractivity contribution is 7.71. The number of rotatable bonds is 1. The molecule has 0 aromatic carbocycles. The fourth-order valence-corrected chi connectivity index (χ4v) is 3.09. The Balaban J connectivity index is 2.14. The van der Waals surface area contributed by atoms with E-state index in [1.54, 1.807) is 0 Å². The zero-order chi connectivity index (χ0) is 13.4. The number of nitrogens with one attached hydrogen (secondary N) is 1. The lowest BCUT2D eigenvalue weighted by molar-refractivity contribution is 0.582. The molecule has 0 saturated heterocycles. The molecule has 1 aliphatic rings. The number of aryl methyl sites for hydroxylation is 3.